The molecular weight excluding hydrogens is 354 g/mol. The van der Waals surface area contributed by atoms with Crippen molar-refractivity contribution in [2.24, 2.45) is 5.92 Å². The van der Waals surface area contributed by atoms with Crippen LogP contribution in [0.1, 0.15) is 51.2 Å². The van der Waals surface area contributed by atoms with Gasteiger partial charge in [0, 0.05) is 6.61 Å². The summed E-state index contributed by atoms with van der Waals surface area (Å²) in [5.41, 5.74) is 0.861. The van der Waals surface area contributed by atoms with E-state index >= 15 is 0 Å². The number of ether oxygens (including phenoxy) is 2. The van der Waals surface area contributed by atoms with Gasteiger partial charge in [-0.2, -0.15) is 0 Å². The molecule has 0 aliphatic carbocycles. The van der Waals surface area contributed by atoms with Crippen LogP contribution >= 0.6 is 0 Å². The first-order valence-electron chi connectivity index (χ1n) is 9.82. The van der Waals surface area contributed by atoms with Crippen LogP contribution in [0, 0.1) is 18.3 Å². The molecule has 0 N–H and O–H groups in total. The summed E-state index contributed by atoms with van der Waals surface area (Å²) in [6, 6.07) is 9.02. The first-order valence-corrected chi connectivity index (χ1v) is 9.82. The maximum Gasteiger partial charge on any atom is 0.417 e. The molecule has 2 rings (SSSR count). The van der Waals surface area contributed by atoms with E-state index in [4.69, 9.17) is 15.9 Å². The van der Waals surface area contributed by atoms with E-state index in [-0.39, 0.29) is 5.91 Å². The smallest absolute Gasteiger partial charge is 0.417 e. The molecule has 0 saturated carbocycles. The van der Waals surface area contributed by atoms with Crippen LogP contribution in [0.25, 0.3) is 0 Å². The van der Waals surface area contributed by atoms with Gasteiger partial charge in [0.05, 0.1) is 12.0 Å². The predicted molar refractivity (Wildman–Crippen MR) is 108 cm³/mol. The molecule has 0 aromatic heterocycles. The zero-order valence-corrected chi connectivity index (χ0v) is 16.7. The van der Waals surface area contributed by atoms with Crippen molar-refractivity contribution >= 4 is 12.0 Å². The van der Waals surface area contributed by atoms with Crippen LogP contribution in [0.3, 0.4) is 0 Å². The number of carbonyl (C=O) groups is 2. The first kappa shape index (κ1) is 21.7. The molecule has 4 atom stereocenters. The second-order valence-corrected chi connectivity index (χ2v) is 6.89. The van der Waals surface area contributed by atoms with Crippen LogP contribution in [0.5, 0.6) is 0 Å². The predicted octanol–water partition coefficient (Wildman–Crippen LogP) is 4.50. The quantitative estimate of drug-likeness (QED) is 0.339. The first-order chi connectivity index (χ1) is 13.5. The van der Waals surface area contributed by atoms with E-state index in [0.717, 1.165) is 24.8 Å². The molecule has 1 aromatic rings. The van der Waals surface area contributed by atoms with Crippen molar-refractivity contribution in [3.8, 4) is 12.3 Å². The van der Waals surface area contributed by atoms with Crippen LogP contribution in [0.15, 0.2) is 43.0 Å². The zero-order valence-electron chi connectivity index (χ0n) is 16.7. The normalized spacial score (nSPS) is 20.9. The number of cyclic esters (lactones) is 1. The van der Waals surface area contributed by atoms with E-state index in [1.54, 1.807) is 0 Å². The summed E-state index contributed by atoms with van der Waals surface area (Å²) in [7, 11) is 0. The van der Waals surface area contributed by atoms with E-state index in [1.807, 2.05) is 50.3 Å². The van der Waals surface area contributed by atoms with E-state index < -0.39 is 30.3 Å². The lowest BCUT2D eigenvalue weighted by atomic mass is 9.93. The van der Waals surface area contributed by atoms with Gasteiger partial charge in [0.1, 0.15) is 12.2 Å². The molecule has 0 radical (unpaired) electrons. The number of hydrogen-bond donors (Lipinski definition) is 0. The summed E-state index contributed by atoms with van der Waals surface area (Å²) in [4.78, 5) is 27.1. The van der Waals surface area contributed by atoms with E-state index in [0.29, 0.717) is 13.0 Å². The summed E-state index contributed by atoms with van der Waals surface area (Å²) in [5.74, 6) is 1.67. The van der Waals surface area contributed by atoms with Gasteiger partial charge in [-0.05, 0) is 38.7 Å². The highest BCUT2D eigenvalue weighted by atomic mass is 16.6. The Morgan fingerprint density at radius 2 is 2.11 bits per heavy atom. The van der Waals surface area contributed by atoms with Gasteiger partial charge in [-0.15, -0.1) is 13.0 Å². The Kier molecular flexibility index (Phi) is 8.28. The fraction of sp³-hybridized carbons (Fsp3) is 0.478. The highest BCUT2D eigenvalue weighted by Crippen LogP contribution is 2.34. The van der Waals surface area contributed by atoms with Crippen molar-refractivity contribution in [2.45, 2.75) is 57.8 Å². The summed E-state index contributed by atoms with van der Waals surface area (Å²) >= 11 is 0. The van der Waals surface area contributed by atoms with Gasteiger partial charge in [0.15, 0.2) is 0 Å². The SMILES string of the molecule is C#C[C@@H](OCC)[C@H](CCCCC=C)C(=O)N1C(=O)O[C@@H](c2ccccc2)[C@H]1C. The monoisotopic (exact) mass is 383 g/mol. The highest BCUT2D eigenvalue weighted by Gasteiger charge is 2.46. The minimum absolute atomic E-state index is 0.328. The number of terminal acetylenes is 1. The molecule has 1 saturated heterocycles. The second kappa shape index (κ2) is 10.7. The van der Waals surface area contributed by atoms with Crippen LogP contribution < -0.4 is 0 Å². The lowest BCUT2D eigenvalue weighted by Crippen LogP contribution is -2.45. The Balaban J connectivity index is 2.20. The number of allylic oxidation sites excluding steroid dienone is 1. The van der Waals surface area contributed by atoms with Gasteiger partial charge >= 0.3 is 6.09 Å². The van der Waals surface area contributed by atoms with Crippen molar-refractivity contribution in [1.29, 1.82) is 0 Å². The van der Waals surface area contributed by atoms with Crippen LogP contribution in [0.2, 0.25) is 0 Å². The number of unbranched alkanes of at least 4 members (excludes halogenated alkanes) is 2. The number of amides is 2. The van der Waals surface area contributed by atoms with Crippen LogP contribution in [-0.4, -0.2) is 35.7 Å². The molecule has 0 spiro atoms. The van der Waals surface area contributed by atoms with Gasteiger partial charge in [0.2, 0.25) is 5.91 Å². The van der Waals surface area contributed by atoms with Crippen molar-refractivity contribution in [3.63, 3.8) is 0 Å². The summed E-state index contributed by atoms with van der Waals surface area (Å²) < 4.78 is 11.1. The van der Waals surface area contributed by atoms with Crippen molar-refractivity contribution in [2.75, 3.05) is 6.61 Å². The zero-order chi connectivity index (χ0) is 20.5. The summed E-state index contributed by atoms with van der Waals surface area (Å²) in [6.45, 7) is 7.78. The van der Waals surface area contributed by atoms with Gasteiger partial charge in [0.25, 0.3) is 0 Å². The molecule has 1 fully saturated rings. The largest absolute Gasteiger partial charge is 0.439 e. The van der Waals surface area contributed by atoms with Crippen LogP contribution in [0.4, 0.5) is 4.79 Å². The fourth-order valence-corrected chi connectivity index (χ4v) is 3.54. The third kappa shape index (κ3) is 5.02. The van der Waals surface area contributed by atoms with Crippen molar-refractivity contribution in [3.05, 3.63) is 48.6 Å². The number of hydrogen-bond acceptors (Lipinski definition) is 4. The Morgan fingerprint density at radius 3 is 2.71 bits per heavy atom. The molecule has 1 aliphatic heterocycles. The Hall–Kier alpha value is -2.58. The summed E-state index contributed by atoms with van der Waals surface area (Å²) in [5, 5.41) is 0. The van der Waals surface area contributed by atoms with Crippen LogP contribution in [-0.2, 0) is 14.3 Å². The molecule has 150 valence electrons. The van der Waals surface area contributed by atoms with E-state index in [9.17, 15) is 9.59 Å². The Labute approximate surface area is 167 Å². The lowest BCUT2D eigenvalue weighted by molar-refractivity contribution is -0.137. The fourth-order valence-electron chi connectivity index (χ4n) is 3.54. The molecule has 28 heavy (non-hydrogen) atoms. The third-order valence-corrected chi connectivity index (χ3v) is 5.00. The minimum atomic E-state index is -0.669. The molecule has 1 heterocycles. The Bertz CT molecular complexity index is 709. The van der Waals surface area contributed by atoms with Crippen molar-refractivity contribution in [1.82, 2.24) is 4.90 Å². The number of benzene rings is 1. The number of carbonyl (C=O) groups excluding carboxylic acids is 2. The number of nitrogens with zero attached hydrogens (tertiary/aromatic N) is 1. The molecule has 1 aromatic carbocycles. The van der Waals surface area contributed by atoms with E-state index in [2.05, 4.69) is 12.5 Å². The topological polar surface area (TPSA) is 55.8 Å². The van der Waals surface area contributed by atoms with Gasteiger partial charge < -0.3 is 9.47 Å². The average molecular weight is 383 g/mol. The number of rotatable bonds is 10. The maximum atomic E-state index is 13.3. The second-order valence-electron chi connectivity index (χ2n) is 6.89. The lowest BCUT2D eigenvalue weighted by Gasteiger charge is -2.27. The van der Waals surface area contributed by atoms with Crippen molar-refractivity contribution < 1.29 is 19.1 Å². The maximum absolute atomic E-state index is 13.3. The molecular formula is C23H29NO4. The van der Waals surface area contributed by atoms with Gasteiger partial charge in [-0.3, -0.25) is 4.79 Å². The molecule has 5 nitrogen and oxygen atoms in total. The average Bonchev–Trinajstić information content (AvgIpc) is 3.01. The molecule has 1 aliphatic rings. The third-order valence-electron chi connectivity index (χ3n) is 5.00. The number of imide groups is 1. The molecule has 0 unspecified atom stereocenters. The molecule has 0 bridgehead atoms. The summed E-state index contributed by atoms with van der Waals surface area (Å²) in [6.07, 6.45) is 8.82. The molecule has 5 heteroatoms. The minimum Gasteiger partial charge on any atom is -0.439 e. The molecule has 2 amide bonds. The van der Waals surface area contributed by atoms with Gasteiger partial charge in [-0.1, -0.05) is 48.7 Å². The standard InChI is InChI=1S/C23H29NO4/c1-5-8-9-13-16-19(20(6-2)27-7-3)22(25)24-17(4)21(28-23(24)26)18-14-11-10-12-15-18/h2,5,10-12,14-15,17,19-21H,1,7-9,13,16H2,3-4H3/t17-,19+,20-,21-/m1/s1. The Morgan fingerprint density at radius 1 is 1.39 bits per heavy atom. The van der Waals surface area contributed by atoms with E-state index in [1.165, 1.54) is 4.90 Å². The van der Waals surface area contributed by atoms with Gasteiger partial charge in [-0.25, -0.2) is 9.69 Å². The highest BCUT2D eigenvalue weighted by molar-refractivity contribution is 5.95.